The van der Waals surface area contributed by atoms with E-state index >= 15 is 0 Å². The Balaban J connectivity index is 1.91. The van der Waals surface area contributed by atoms with Crippen LogP contribution in [0.3, 0.4) is 0 Å². The van der Waals surface area contributed by atoms with Crippen molar-refractivity contribution in [3.63, 3.8) is 0 Å². The molecule has 4 heteroatoms. The highest BCUT2D eigenvalue weighted by molar-refractivity contribution is 6.31. The maximum atomic E-state index is 11.5. The fraction of sp³-hybridized carbons (Fsp3) is 0.0455. The van der Waals surface area contributed by atoms with Gasteiger partial charge in [-0.15, -0.1) is 0 Å². The van der Waals surface area contributed by atoms with Crippen LogP contribution in [0.1, 0.15) is 21.5 Å². The number of benzene rings is 3. The van der Waals surface area contributed by atoms with E-state index in [0.29, 0.717) is 15.6 Å². The molecule has 0 heterocycles. The van der Waals surface area contributed by atoms with E-state index in [9.17, 15) is 4.79 Å². The molecule has 0 unspecified atom stereocenters. The van der Waals surface area contributed by atoms with Gasteiger partial charge in [0.05, 0.1) is 12.7 Å². The van der Waals surface area contributed by atoms with Crippen LogP contribution in [0.5, 0.6) is 0 Å². The van der Waals surface area contributed by atoms with Gasteiger partial charge in [-0.2, -0.15) is 0 Å². The molecule has 3 aromatic carbocycles. The minimum absolute atomic E-state index is 0.347. The first-order chi connectivity index (χ1) is 12.6. The van der Waals surface area contributed by atoms with Crippen LogP contribution < -0.4 is 0 Å². The largest absolute Gasteiger partial charge is 0.465 e. The monoisotopic (exact) mass is 382 g/mol. The van der Waals surface area contributed by atoms with Crippen LogP contribution in [0.2, 0.25) is 10.0 Å². The van der Waals surface area contributed by atoms with E-state index in [1.165, 1.54) is 7.11 Å². The van der Waals surface area contributed by atoms with E-state index in [0.717, 1.165) is 22.3 Å². The van der Waals surface area contributed by atoms with Gasteiger partial charge in [-0.3, -0.25) is 0 Å². The topological polar surface area (TPSA) is 26.3 Å². The molecule has 0 fully saturated rings. The summed E-state index contributed by atoms with van der Waals surface area (Å²) in [4.78, 5) is 11.5. The first-order valence-corrected chi connectivity index (χ1v) is 8.74. The highest BCUT2D eigenvalue weighted by atomic mass is 35.5. The summed E-state index contributed by atoms with van der Waals surface area (Å²) in [5.41, 5.74) is 4.62. The highest BCUT2D eigenvalue weighted by Gasteiger charge is 2.05. The minimum Gasteiger partial charge on any atom is -0.465 e. The lowest BCUT2D eigenvalue weighted by atomic mass is 9.99. The van der Waals surface area contributed by atoms with E-state index in [1.54, 1.807) is 12.1 Å². The summed E-state index contributed by atoms with van der Waals surface area (Å²) in [6.07, 6.45) is 3.98. The summed E-state index contributed by atoms with van der Waals surface area (Å²) in [5.74, 6) is -0.347. The summed E-state index contributed by atoms with van der Waals surface area (Å²) in [6, 6.07) is 20.7. The van der Waals surface area contributed by atoms with E-state index in [2.05, 4.69) is 0 Å². The molecule has 0 amide bonds. The van der Waals surface area contributed by atoms with Crippen molar-refractivity contribution in [2.24, 2.45) is 0 Å². The van der Waals surface area contributed by atoms with E-state index < -0.39 is 0 Å². The van der Waals surface area contributed by atoms with Crippen LogP contribution >= 0.6 is 23.2 Å². The molecule has 0 N–H and O–H groups in total. The van der Waals surface area contributed by atoms with Crippen LogP contribution in [0.15, 0.2) is 66.7 Å². The number of hydrogen-bond donors (Lipinski definition) is 0. The standard InChI is InChI=1S/C22H16Cl2O2/c1-26-22(25)17-5-2-15(3-6-17)4-7-18-14-20(24)12-13-21(18)16-8-10-19(23)11-9-16/h2-14H,1H3/b7-4+. The summed E-state index contributed by atoms with van der Waals surface area (Å²) in [6.45, 7) is 0. The molecule has 0 spiro atoms. The number of rotatable bonds is 4. The molecule has 0 bridgehead atoms. The molecule has 130 valence electrons. The Bertz CT molecular complexity index is 943. The Kier molecular flexibility index (Phi) is 5.77. The lowest BCUT2D eigenvalue weighted by Gasteiger charge is -2.08. The lowest BCUT2D eigenvalue weighted by molar-refractivity contribution is 0.0600. The first kappa shape index (κ1) is 18.2. The van der Waals surface area contributed by atoms with Gasteiger partial charge in [0.25, 0.3) is 0 Å². The van der Waals surface area contributed by atoms with Crippen molar-refractivity contribution in [2.75, 3.05) is 7.11 Å². The summed E-state index contributed by atoms with van der Waals surface area (Å²) < 4.78 is 4.71. The molecule has 3 rings (SSSR count). The van der Waals surface area contributed by atoms with Crippen molar-refractivity contribution < 1.29 is 9.53 Å². The second-order valence-corrected chi connectivity index (χ2v) is 6.56. The quantitative estimate of drug-likeness (QED) is 0.374. The van der Waals surface area contributed by atoms with Crippen molar-refractivity contribution in [3.05, 3.63) is 93.5 Å². The maximum Gasteiger partial charge on any atom is 0.337 e. The molecule has 0 saturated heterocycles. The van der Waals surface area contributed by atoms with Crippen LogP contribution in [0.4, 0.5) is 0 Å². The van der Waals surface area contributed by atoms with Gasteiger partial charge in [0, 0.05) is 10.0 Å². The van der Waals surface area contributed by atoms with Crippen molar-refractivity contribution in [3.8, 4) is 11.1 Å². The van der Waals surface area contributed by atoms with E-state index in [1.807, 2.05) is 66.7 Å². The molecule has 0 atom stereocenters. The normalized spacial score (nSPS) is 10.9. The molecule has 0 radical (unpaired) electrons. The van der Waals surface area contributed by atoms with Crippen molar-refractivity contribution in [1.29, 1.82) is 0 Å². The van der Waals surface area contributed by atoms with Gasteiger partial charge in [-0.25, -0.2) is 4.79 Å². The van der Waals surface area contributed by atoms with Gasteiger partial charge in [-0.1, -0.05) is 65.7 Å². The Morgan fingerprint density at radius 3 is 2.15 bits per heavy atom. The predicted molar refractivity (Wildman–Crippen MR) is 109 cm³/mol. The molecule has 26 heavy (non-hydrogen) atoms. The highest BCUT2D eigenvalue weighted by Crippen LogP contribution is 2.29. The fourth-order valence-corrected chi connectivity index (χ4v) is 2.90. The summed E-state index contributed by atoms with van der Waals surface area (Å²) in [7, 11) is 1.37. The zero-order valence-electron chi connectivity index (χ0n) is 14.1. The third-order valence-corrected chi connectivity index (χ3v) is 4.44. The molecule has 0 aliphatic heterocycles. The Morgan fingerprint density at radius 2 is 1.50 bits per heavy atom. The lowest BCUT2D eigenvalue weighted by Crippen LogP contribution is -2.00. The first-order valence-electron chi connectivity index (χ1n) is 7.99. The third-order valence-electron chi connectivity index (χ3n) is 3.96. The number of carbonyl (C=O) groups is 1. The molecule has 0 aliphatic rings. The minimum atomic E-state index is -0.347. The second kappa shape index (κ2) is 8.22. The second-order valence-electron chi connectivity index (χ2n) is 5.69. The van der Waals surface area contributed by atoms with E-state index in [4.69, 9.17) is 27.9 Å². The van der Waals surface area contributed by atoms with Crippen LogP contribution in [0, 0.1) is 0 Å². The molecule has 0 aromatic heterocycles. The average molecular weight is 383 g/mol. The Labute approximate surface area is 162 Å². The van der Waals surface area contributed by atoms with Gasteiger partial charge in [0.1, 0.15) is 0 Å². The maximum absolute atomic E-state index is 11.5. The van der Waals surface area contributed by atoms with Crippen LogP contribution in [-0.4, -0.2) is 13.1 Å². The molecular weight excluding hydrogens is 367 g/mol. The zero-order valence-corrected chi connectivity index (χ0v) is 15.6. The fourth-order valence-electron chi connectivity index (χ4n) is 2.60. The molecule has 0 saturated carbocycles. The van der Waals surface area contributed by atoms with Gasteiger partial charge in [0.15, 0.2) is 0 Å². The number of hydrogen-bond acceptors (Lipinski definition) is 2. The smallest absolute Gasteiger partial charge is 0.337 e. The molecule has 0 aliphatic carbocycles. The van der Waals surface area contributed by atoms with Gasteiger partial charge in [-0.05, 0) is 58.7 Å². The SMILES string of the molecule is COC(=O)c1ccc(/C=C/c2cc(Cl)ccc2-c2ccc(Cl)cc2)cc1. The van der Waals surface area contributed by atoms with Gasteiger partial charge in [0.2, 0.25) is 0 Å². The molecular formula is C22H16Cl2O2. The average Bonchev–Trinajstić information content (AvgIpc) is 2.67. The Morgan fingerprint density at radius 1 is 0.846 bits per heavy atom. The number of carbonyl (C=O) groups excluding carboxylic acids is 1. The Hall–Kier alpha value is -2.55. The van der Waals surface area contributed by atoms with Crippen molar-refractivity contribution in [2.45, 2.75) is 0 Å². The van der Waals surface area contributed by atoms with Gasteiger partial charge >= 0.3 is 5.97 Å². The van der Waals surface area contributed by atoms with E-state index in [-0.39, 0.29) is 5.97 Å². The predicted octanol–water partition coefficient (Wildman–Crippen LogP) is 6.62. The van der Waals surface area contributed by atoms with Crippen LogP contribution in [-0.2, 0) is 4.74 Å². The molecule has 3 aromatic rings. The number of ether oxygens (including phenoxy) is 1. The number of halogens is 2. The van der Waals surface area contributed by atoms with Crippen molar-refractivity contribution >= 4 is 41.3 Å². The summed E-state index contributed by atoms with van der Waals surface area (Å²) in [5, 5.41) is 1.37. The zero-order chi connectivity index (χ0) is 18.5. The number of methoxy groups -OCH3 is 1. The van der Waals surface area contributed by atoms with Crippen molar-refractivity contribution in [1.82, 2.24) is 0 Å². The van der Waals surface area contributed by atoms with Crippen LogP contribution in [0.25, 0.3) is 23.3 Å². The summed E-state index contributed by atoms with van der Waals surface area (Å²) >= 11 is 12.2. The molecule has 2 nitrogen and oxygen atoms in total. The van der Waals surface area contributed by atoms with Gasteiger partial charge < -0.3 is 4.74 Å². The third kappa shape index (κ3) is 4.34. The number of esters is 1.